The molecule has 2 bridgehead atoms. The van der Waals surface area contributed by atoms with Gasteiger partial charge in [-0.15, -0.1) is 0 Å². The van der Waals surface area contributed by atoms with Crippen LogP contribution in [0.5, 0.6) is 0 Å². The van der Waals surface area contributed by atoms with Gasteiger partial charge in [0.05, 0.1) is 9.82 Å². The summed E-state index contributed by atoms with van der Waals surface area (Å²) >= 11 is 0. The minimum atomic E-state index is -4.36. The molecule has 0 radical (unpaired) electrons. The average molecular weight is 694 g/mol. The molecule has 2 N–H and O–H groups in total. The number of fused-ring (bicyclic) bond motifs is 2. The number of nitrogens with one attached hydrogen (secondary N) is 2. The van der Waals surface area contributed by atoms with E-state index in [2.05, 4.69) is 40.6 Å². The fraction of sp³-hybridized carbons (Fsp3) is 0.622. The summed E-state index contributed by atoms with van der Waals surface area (Å²) in [5, 5.41) is 15.0. The van der Waals surface area contributed by atoms with E-state index < -0.39 is 20.9 Å². The summed E-state index contributed by atoms with van der Waals surface area (Å²) in [6, 6.07) is 11.0. The summed E-state index contributed by atoms with van der Waals surface area (Å²) in [6.45, 7) is 10.9. The Morgan fingerprint density at radius 2 is 1.67 bits per heavy atom. The summed E-state index contributed by atoms with van der Waals surface area (Å²) in [4.78, 5) is 41.3. The van der Waals surface area contributed by atoms with Gasteiger partial charge in [0.1, 0.15) is 5.69 Å². The van der Waals surface area contributed by atoms with E-state index in [0.29, 0.717) is 41.7 Å². The first-order chi connectivity index (χ1) is 23.3. The van der Waals surface area contributed by atoms with Gasteiger partial charge in [-0.25, -0.2) is 13.1 Å². The maximum Gasteiger partial charge on any atom is 0.293 e. The number of amides is 2. The number of nitrogens with zero attached hydrogens (tertiary/aromatic N) is 3. The van der Waals surface area contributed by atoms with E-state index >= 15 is 0 Å². The van der Waals surface area contributed by atoms with Crippen LogP contribution < -0.4 is 14.9 Å². The molecule has 5 aliphatic rings. The second kappa shape index (κ2) is 13.9. The predicted molar refractivity (Wildman–Crippen MR) is 190 cm³/mol. The molecule has 0 spiro atoms. The number of hydrogen-bond donors (Lipinski definition) is 2. The molecule has 1 unspecified atom stereocenters. The third-order valence-electron chi connectivity index (χ3n) is 12.4. The Morgan fingerprint density at radius 3 is 2.27 bits per heavy atom. The van der Waals surface area contributed by atoms with Gasteiger partial charge in [0, 0.05) is 56.0 Å². The lowest BCUT2D eigenvalue weighted by atomic mass is 9.44. The minimum absolute atomic E-state index is 0.164. The van der Waals surface area contributed by atoms with E-state index in [0.717, 1.165) is 69.8 Å². The van der Waals surface area contributed by atoms with E-state index in [4.69, 9.17) is 0 Å². The van der Waals surface area contributed by atoms with E-state index in [9.17, 15) is 28.1 Å². The van der Waals surface area contributed by atoms with Crippen LogP contribution in [0.4, 0.5) is 17.1 Å². The molecular formula is C37H51N5O6S. The zero-order chi connectivity index (χ0) is 35.1. The van der Waals surface area contributed by atoms with Gasteiger partial charge in [0.25, 0.3) is 21.6 Å². The number of carbonyl (C=O) groups is 2. The molecule has 2 amide bonds. The number of piperidine rings is 1. The standard InChI is InChI=1S/C37H51N5O6S/c1-24-32-20-28(37(32,3)4)21-34(24)41(25(2)43)30-16-18-40(19-17-30)29-12-10-27(11-13-29)36(44)39-49(47,48)31-14-15-33(35(22-31)42(45)46)38-23-26-8-6-5-7-9-26/h10-15,22,24,26,28,30,32,34,38H,5-9,16-21,23H2,1-4H3,(H,39,44)/t24-,28+,32?,34+/m1/s1. The SMILES string of the molecule is CC(=O)N(C1CCN(c2ccc(C(=O)NS(=O)(=O)c3ccc(NCC4CCCCC4)c([N+](=O)[O-])c3)cc2)CC1)[C@H]1C[C@@H]2CC([C@H]1C)C2(C)C. The predicted octanol–water partition coefficient (Wildman–Crippen LogP) is 6.59. The number of hydrogen-bond acceptors (Lipinski definition) is 8. The summed E-state index contributed by atoms with van der Waals surface area (Å²) in [5.74, 6) is 1.63. The second-order valence-corrected chi connectivity index (χ2v) is 17.2. The van der Waals surface area contributed by atoms with Crippen molar-refractivity contribution < 1.29 is 22.9 Å². The van der Waals surface area contributed by atoms with Gasteiger partial charge in [-0.3, -0.25) is 19.7 Å². The second-order valence-electron chi connectivity index (χ2n) is 15.5. The van der Waals surface area contributed by atoms with Crippen LogP contribution >= 0.6 is 0 Å². The first kappa shape index (κ1) is 35.2. The van der Waals surface area contributed by atoms with Crippen molar-refractivity contribution in [3.05, 3.63) is 58.1 Å². The Bertz CT molecular complexity index is 1660. The largest absolute Gasteiger partial charge is 0.379 e. The molecule has 5 fully saturated rings. The van der Waals surface area contributed by atoms with Crippen LogP contribution in [0.3, 0.4) is 0 Å². The Balaban J connectivity index is 1.05. The lowest BCUT2D eigenvalue weighted by molar-refractivity contribution is -0.384. The van der Waals surface area contributed by atoms with Crippen molar-refractivity contribution >= 4 is 38.9 Å². The summed E-state index contributed by atoms with van der Waals surface area (Å²) < 4.78 is 28.3. The highest BCUT2D eigenvalue weighted by Gasteiger charge is 2.58. The van der Waals surface area contributed by atoms with E-state index in [-0.39, 0.29) is 33.8 Å². The molecule has 7 rings (SSSR count). The fourth-order valence-corrected chi connectivity index (χ4v) is 10.3. The van der Waals surface area contributed by atoms with Crippen LogP contribution in [0.25, 0.3) is 0 Å². The smallest absolute Gasteiger partial charge is 0.293 e. The number of benzene rings is 2. The molecule has 2 aromatic rings. The van der Waals surface area contributed by atoms with E-state index in [1.54, 1.807) is 31.2 Å². The van der Waals surface area contributed by atoms with Crippen molar-refractivity contribution in [1.29, 1.82) is 0 Å². The van der Waals surface area contributed by atoms with E-state index in [1.165, 1.54) is 25.0 Å². The van der Waals surface area contributed by atoms with Gasteiger partial charge in [-0.05, 0) is 104 Å². The molecule has 12 heteroatoms. The van der Waals surface area contributed by atoms with Crippen LogP contribution in [0.1, 0.15) is 95.8 Å². The van der Waals surface area contributed by atoms with Gasteiger partial charge in [0.15, 0.2) is 0 Å². The highest BCUT2D eigenvalue weighted by Crippen LogP contribution is 2.62. The van der Waals surface area contributed by atoms with Gasteiger partial charge >= 0.3 is 0 Å². The molecule has 2 aromatic carbocycles. The Kier molecular flexibility index (Phi) is 9.99. The van der Waals surface area contributed by atoms with Crippen molar-refractivity contribution in [1.82, 2.24) is 9.62 Å². The third kappa shape index (κ3) is 7.16. The maximum absolute atomic E-state index is 13.1. The van der Waals surface area contributed by atoms with Crippen molar-refractivity contribution in [3.63, 3.8) is 0 Å². The monoisotopic (exact) mass is 693 g/mol. The zero-order valence-electron chi connectivity index (χ0n) is 29.2. The van der Waals surface area contributed by atoms with Gasteiger partial charge in [-0.1, -0.05) is 40.0 Å². The maximum atomic E-state index is 13.1. The topological polar surface area (TPSA) is 142 Å². The number of rotatable bonds is 10. The molecular weight excluding hydrogens is 643 g/mol. The van der Waals surface area contributed by atoms with Gasteiger partial charge in [0.2, 0.25) is 5.91 Å². The highest BCUT2D eigenvalue weighted by molar-refractivity contribution is 7.90. The molecule has 1 aliphatic heterocycles. The third-order valence-corrected chi connectivity index (χ3v) is 13.7. The van der Waals surface area contributed by atoms with Crippen molar-refractivity contribution in [2.45, 2.75) is 102 Å². The van der Waals surface area contributed by atoms with Crippen LogP contribution in [0.2, 0.25) is 0 Å². The van der Waals surface area contributed by atoms with Crippen molar-refractivity contribution in [3.8, 4) is 0 Å². The molecule has 4 aliphatic carbocycles. The molecule has 0 aromatic heterocycles. The Morgan fingerprint density at radius 1 is 1.00 bits per heavy atom. The number of carbonyl (C=O) groups excluding carboxylic acids is 2. The molecule has 11 nitrogen and oxygen atoms in total. The zero-order valence-corrected chi connectivity index (χ0v) is 30.0. The molecule has 4 saturated carbocycles. The number of anilines is 2. The molecule has 49 heavy (non-hydrogen) atoms. The number of nitro benzene ring substituents is 1. The first-order valence-corrected chi connectivity index (χ1v) is 19.5. The summed E-state index contributed by atoms with van der Waals surface area (Å²) in [7, 11) is -4.36. The van der Waals surface area contributed by atoms with Gasteiger partial charge in [-0.2, -0.15) is 0 Å². The quantitative estimate of drug-likeness (QED) is 0.210. The lowest BCUT2D eigenvalue weighted by Gasteiger charge is -2.64. The highest BCUT2D eigenvalue weighted by atomic mass is 32.2. The Labute approximate surface area is 290 Å². The van der Waals surface area contributed by atoms with Gasteiger partial charge < -0.3 is 15.1 Å². The summed E-state index contributed by atoms with van der Waals surface area (Å²) in [5.41, 5.74) is 1.37. The fourth-order valence-electron chi connectivity index (χ4n) is 9.34. The van der Waals surface area contributed by atoms with Crippen LogP contribution in [0, 0.1) is 39.2 Å². The average Bonchev–Trinajstić information content (AvgIpc) is 3.08. The van der Waals surface area contributed by atoms with Crippen LogP contribution in [-0.2, 0) is 14.8 Å². The Hall–Kier alpha value is -3.67. The minimum Gasteiger partial charge on any atom is -0.379 e. The van der Waals surface area contributed by atoms with Crippen molar-refractivity contribution in [2.24, 2.45) is 29.1 Å². The molecule has 4 atom stereocenters. The molecule has 266 valence electrons. The van der Waals surface area contributed by atoms with E-state index in [1.807, 2.05) is 0 Å². The molecule has 1 heterocycles. The molecule has 1 saturated heterocycles. The van der Waals surface area contributed by atoms with Crippen LogP contribution in [-0.4, -0.2) is 61.8 Å². The van der Waals surface area contributed by atoms with Crippen LogP contribution in [0.15, 0.2) is 47.4 Å². The summed E-state index contributed by atoms with van der Waals surface area (Å²) in [6.07, 6.45) is 9.73. The first-order valence-electron chi connectivity index (χ1n) is 18.0. The van der Waals surface area contributed by atoms with Crippen molar-refractivity contribution in [2.75, 3.05) is 29.9 Å². The lowest BCUT2D eigenvalue weighted by Crippen LogP contribution is -2.63. The number of nitro groups is 1. The number of sulfonamides is 1. The normalized spacial score (nSPS) is 25.6.